The Morgan fingerprint density at radius 1 is 1.47 bits per heavy atom. The normalized spacial score (nSPS) is 10.0. The lowest BCUT2D eigenvalue weighted by Crippen LogP contribution is -2.02. The standard InChI is InChI=1S/C11H16N2O4/c1-2-12-9-6-10(13(15)16)8-11(7-9)17-5-3-4-14/h6-8,12,14H,2-5H2,1H3. The minimum Gasteiger partial charge on any atom is -0.493 e. The van der Waals surface area contributed by atoms with Crippen molar-refractivity contribution >= 4 is 11.4 Å². The highest BCUT2D eigenvalue weighted by molar-refractivity contribution is 5.56. The second-order valence-corrected chi connectivity index (χ2v) is 3.43. The van der Waals surface area contributed by atoms with Gasteiger partial charge < -0.3 is 15.2 Å². The number of rotatable bonds is 7. The molecule has 0 aliphatic rings. The average Bonchev–Trinajstić information content (AvgIpc) is 2.29. The van der Waals surface area contributed by atoms with E-state index in [0.717, 1.165) is 0 Å². The predicted octanol–water partition coefficient (Wildman–Crippen LogP) is 1.79. The number of anilines is 1. The van der Waals surface area contributed by atoms with E-state index in [-0.39, 0.29) is 12.3 Å². The lowest BCUT2D eigenvalue weighted by atomic mass is 10.2. The number of nitrogens with one attached hydrogen (secondary N) is 1. The van der Waals surface area contributed by atoms with E-state index in [2.05, 4.69) is 5.32 Å². The molecule has 17 heavy (non-hydrogen) atoms. The molecule has 2 N–H and O–H groups in total. The second kappa shape index (κ2) is 6.70. The van der Waals surface area contributed by atoms with Crippen LogP contribution in [0.25, 0.3) is 0 Å². The van der Waals surface area contributed by atoms with Crippen molar-refractivity contribution in [3.05, 3.63) is 28.3 Å². The highest BCUT2D eigenvalue weighted by Crippen LogP contribution is 2.26. The molecule has 6 heteroatoms. The first-order valence-electron chi connectivity index (χ1n) is 5.44. The third-order valence-electron chi connectivity index (χ3n) is 2.05. The molecule has 1 aromatic rings. The molecule has 0 aromatic heterocycles. The maximum atomic E-state index is 10.7. The molecule has 0 unspecified atom stereocenters. The van der Waals surface area contributed by atoms with Crippen molar-refractivity contribution in [2.45, 2.75) is 13.3 Å². The van der Waals surface area contributed by atoms with Crippen molar-refractivity contribution in [3.63, 3.8) is 0 Å². The SMILES string of the molecule is CCNc1cc(OCCCO)cc([N+](=O)[O-])c1. The van der Waals surface area contributed by atoms with Crippen LogP contribution in [0.5, 0.6) is 5.75 Å². The Hall–Kier alpha value is -1.82. The van der Waals surface area contributed by atoms with Crippen molar-refractivity contribution in [1.82, 2.24) is 0 Å². The van der Waals surface area contributed by atoms with Gasteiger partial charge in [0.25, 0.3) is 5.69 Å². The molecule has 1 aromatic carbocycles. The van der Waals surface area contributed by atoms with Gasteiger partial charge in [0.2, 0.25) is 0 Å². The Labute approximate surface area is 99.4 Å². The Balaban J connectivity index is 2.83. The zero-order valence-electron chi connectivity index (χ0n) is 9.68. The summed E-state index contributed by atoms with van der Waals surface area (Å²) in [4.78, 5) is 10.3. The third kappa shape index (κ3) is 4.28. The van der Waals surface area contributed by atoms with Gasteiger partial charge in [-0.05, 0) is 6.92 Å². The summed E-state index contributed by atoms with van der Waals surface area (Å²) in [6.45, 7) is 2.96. The summed E-state index contributed by atoms with van der Waals surface area (Å²) in [5.41, 5.74) is 0.642. The average molecular weight is 240 g/mol. The zero-order valence-corrected chi connectivity index (χ0v) is 9.68. The first kappa shape index (κ1) is 13.2. The highest BCUT2D eigenvalue weighted by Gasteiger charge is 2.10. The summed E-state index contributed by atoms with van der Waals surface area (Å²) in [7, 11) is 0. The fraction of sp³-hybridized carbons (Fsp3) is 0.455. The summed E-state index contributed by atoms with van der Waals surface area (Å²) in [5.74, 6) is 0.434. The highest BCUT2D eigenvalue weighted by atomic mass is 16.6. The van der Waals surface area contributed by atoms with Gasteiger partial charge in [-0.3, -0.25) is 10.1 Å². The fourth-order valence-corrected chi connectivity index (χ4v) is 1.33. The van der Waals surface area contributed by atoms with Crippen LogP contribution in [0.15, 0.2) is 18.2 Å². The maximum absolute atomic E-state index is 10.7. The van der Waals surface area contributed by atoms with E-state index >= 15 is 0 Å². The summed E-state index contributed by atoms with van der Waals surface area (Å²) in [6, 6.07) is 4.54. The van der Waals surface area contributed by atoms with E-state index in [9.17, 15) is 10.1 Å². The summed E-state index contributed by atoms with van der Waals surface area (Å²) in [6.07, 6.45) is 0.499. The Bertz CT molecular complexity index is 382. The van der Waals surface area contributed by atoms with Crippen LogP contribution in [-0.4, -0.2) is 29.8 Å². The number of ether oxygens (including phenoxy) is 1. The molecule has 94 valence electrons. The van der Waals surface area contributed by atoms with Gasteiger partial charge in [-0.15, -0.1) is 0 Å². The van der Waals surface area contributed by atoms with Crippen LogP contribution in [0.4, 0.5) is 11.4 Å². The quantitative estimate of drug-likeness (QED) is 0.431. The van der Waals surface area contributed by atoms with Gasteiger partial charge in [0.05, 0.1) is 17.6 Å². The van der Waals surface area contributed by atoms with Crippen molar-refractivity contribution in [3.8, 4) is 5.75 Å². The minimum absolute atomic E-state index is 0.0116. The minimum atomic E-state index is -0.459. The molecule has 0 aliphatic carbocycles. The number of nitrogens with zero attached hydrogens (tertiary/aromatic N) is 1. The molecule has 0 atom stereocenters. The fourth-order valence-electron chi connectivity index (χ4n) is 1.33. The van der Waals surface area contributed by atoms with Gasteiger partial charge in [0.15, 0.2) is 0 Å². The number of nitro benzene ring substituents is 1. The molecule has 0 radical (unpaired) electrons. The van der Waals surface area contributed by atoms with Gasteiger partial charge in [-0.2, -0.15) is 0 Å². The summed E-state index contributed by atoms with van der Waals surface area (Å²) >= 11 is 0. The van der Waals surface area contributed by atoms with Crippen LogP contribution < -0.4 is 10.1 Å². The number of benzene rings is 1. The first-order valence-corrected chi connectivity index (χ1v) is 5.44. The molecule has 6 nitrogen and oxygen atoms in total. The number of hydrogen-bond acceptors (Lipinski definition) is 5. The van der Waals surface area contributed by atoms with Gasteiger partial charge >= 0.3 is 0 Å². The molecular weight excluding hydrogens is 224 g/mol. The monoisotopic (exact) mass is 240 g/mol. The van der Waals surface area contributed by atoms with Crippen LogP contribution in [0.1, 0.15) is 13.3 Å². The topological polar surface area (TPSA) is 84.6 Å². The molecule has 1 rings (SSSR count). The molecule has 0 fully saturated rings. The van der Waals surface area contributed by atoms with Crippen LogP contribution in [0, 0.1) is 10.1 Å². The lowest BCUT2D eigenvalue weighted by Gasteiger charge is -2.08. The van der Waals surface area contributed by atoms with E-state index in [0.29, 0.717) is 31.0 Å². The maximum Gasteiger partial charge on any atom is 0.275 e. The Kier molecular flexibility index (Phi) is 5.22. The van der Waals surface area contributed by atoms with Crippen molar-refractivity contribution in [2.24, 2.45) is 0 Å². The third-order valence-corrected chi connectivity index (χ3v) is 2.05. The van der Waals surface area contributed by atoms with E-state index < -0.39 is 4.92 Å². The van der Waals surface area contributed by atoms with E-state index in [4.69, 9.17) is 9.84 Å². The smallest absolute Gasteiger partial charge is 0.275 e. The Morgan fingerprint density at radius 2 is 2.24 bits per heavy atom. The molecule has 0 saturated carbocycles. The van der Waals surface area contributed by atoms with E-state index in [1.165, 1.54) is 12.1 Å². The molecular formula is C11H16N2O4. The number of aliphatic hydroxyl groups excluding tert-OH is 1. The van der Waals surface area contributed by atoms with Crippen molar-refractivity contribution < 1.29 is 14.8 Å². The van der Waals surface area contributed by atoms with Crippen molar-refractivity contribution in [1.29, 1.82) is 0 Å². The number of hydrogen-bond donors (Lipinski definition) is 2. The predicted molar refractivity (Wildman–Crippen MR) is 64.5 cm³/mol. The van der Waals surface area contributed by atoms with Crippen LogP contribution in [0.3, 0.4) is 0 Å². The molecule has 0 aliphatic heterocycles. The molecule has 0 heterocycles. The van der Waals surface area contributed by atoms with Gasteiger partial charge in [0, 0.05) is 37.4 Å². The summed E-state index contributed by atoms with van der Waals surface area (Å²) < 4.78 is 5.32. The largest absolute Gasteiger partial charge is 0.493 e. The molecule has 0 amide bonds. The summed E-state index contributed by atoms with van der Waals surface area (Å²) in [5, 5.41) is 22.3. The number of nitro groups is 1. The van der Waals surface area contributed by atoms with Gasteiger partial charge in [-0.1, -0.05) is 0 Å². The zero-order chi connectivity index (χ0) is 12.7. The molecule has 0 spiro atoms. The van der Waals surface area contributed by atoms with Crippen LogP contribution >= 0.6 is 0 Å². The number of non-ortho nitro benzene ring substituents is 1. The first-order chi connectivity index (χ1) is 8.17. The van der Waals surface area contributed by atoms with E-state index in [1.807, 2.05) is 6.92 Å². The van der Waals surface area contributed by atoms with Crippen LogP contribution in [0.2, 0.25) is 0 Å². The number of aliphatic hydroxyl groups is 1. The molecule has 0 bridgehead atoms. The van der Waals surface area contributed by atoms with Gasteiger partial charge in [-0.25, -0.2) is 0 Å². The molecule has 0 saturated heterocycles. The second-order valence-electron chi connectivity index (χ2n) is 3.43. The van der Waals surface area contributed by atoms with Crippen LogP contribution in [-0.2, 0) is 0 Å². The lowest BCUT2D eigenvalue weighted by molar-refractivity contribution is -0.384. The van der Waals surface area contributed by atoms with Gasteiger partial charge in [0.1, 0.15) is 5.75 Å². The van der Waals surface area contributed by atoms with E-state index in [1.54, 1.807) is 6.07 Å². The Morgan fingerprint density at radius 3 is 2.82 bits per heavy atom. The van der Waals surface area contributed by atoms with Crippen molar-refractivity contribution in [2.75, 3.05) is 25.1 Å².